The SMILES string of the molecule is COc1cccc(-c2nccnc2[C@H]2CN(C(=O)c3ccc4nc(C)sc4c3)CCO2)c1. The highest BCUT2D eigenvalue weighted by Crippen LogP contribution is 2.31. The van der Waals surface area contributed by atoms with E-state index in [1.807, 2.05) is 54.3 Å². The Labute approximate surface area is 189 Å². The number of methoxy groups -OCH3 is 1. The summed E-state index contributed by atoms with van der Waals surface area (Å²) >= 11 is 1.60. The number of benzene rings is 2. The van der Waals surface area contributed by atoms with Crippen molar-refractivity contribution < 1.29 is 14.3 Å². The van der Waals surface area contributed by atoms with Gasteiger partial charge in [-0.2, -0.15) is 0 Å². The zero-order chi connectivity index (χ0) is 22.1. The van der Waals surface area contributed by atoms with Crippen molar-refractivity contribution in [1.82, 2.24) is 19.9 Å². The maximum Gasteiger partial charge on any atom is 0.254 e. The number of thiazole rings is 1. The van der Waals surface area contributed by atoms with Gasteiger partial charge in [0.05, 0.1) is 46.9 Å². The standard InChI is InChI=1S/C24H22N4O3S/c1-15-27-19-7-6-17(13-21(19)32-15)24(29)28-10-11-31-20(14-28)23-22(25-8-9-26-23)16-4-3-5-18(12-16)30-2/h3-9,12-13,20H,10-11,14H2,1-2H3/t20-/m1/s1. The molecular formula is C24H22N4O3S. The number of amides is 1. The Morgan fingerprint density at radius 3 is 2.94 bits per heavy atom. The van der Waals surface area contributed by atoms with Gasteiger partial charge in [0.25, 0.3) is 5.91 Å². The molecular weight excluding hydrogens is 424 g/mol. The first-order valence-electron chi connectivity index (χ1n) is 10.4. The molecule has 4 aromatic rings. The van der Waals surface area contributed by atoms with Gasteiger partial charge in [0.1, 0.15) is 11.9 Å². The Morgan fingerprint density at radius 1 is 1.19 bits per heavy atom. The third-order valence-corrected chi connectivity index (χ3v) is 6.40. The van der Waals surface area contributed by atoms with Crippen molar-refractivity contribution in [3.63, 3.8) is 0 Å². The minimum atomic E-state index is -0.364. The summed E-state index contributed by atoms with van der Waals surface area (Å²) in [7, 11) is 1.63. The Balaban J connectivity index is 1.42. The lowest BCUT2D eigenvalue weighted by Gasteiger charge is -2.33. The number of carbonyl (C=O) groups excluding carboxylic acids is 1. The van der Waals surface area contributed by atoms with Crippen LogP contribution in [0.3, 0.4) is 0 Å². The molecule has 3 heterocycles. The van der Waals surface area contributed by atoms with Crippen molar-refractivity contribution in [2.24, 2.45) is 0 Å². The van der Waals surface area contributed by atoms with E-state index >= 15 is 0 Å². The Morgan fingerprint density at radius 2 is 2.06 bits per heavy atom. The molecule has 0 bridgehead atoms. The van der Waals surface area contributed by atoms with Crippen LogP contribution < -0.4 is 4.74 Å². The summed E-state index contributed by atoms with van der Waals surface area (Å²) in [5.74, 6) is 0.729. The van der Waals surface area contributed by atoms with Crippen LogP contribution in [0, 0.1) is 6.92 Å². The lowest BCUT2D eigenvalue weighted by atomic mass is 10.0. The quantitative estimate of drug-likeness (QED) is 0.466. The topological polar surface area (TPSA) is 77.4 Å². The number of fused-ring (bicyclic) bond motifs is 1. The predicted molar refractivity (Wildman–Crippen MR) is 123 cm³/mol. The smallest absolute Gasteiger partial charge is 0.254 e. The minimum absolute atomic E-state index is 0.0157. The summed E-state index contributed by atoms with van der Waals surface area (Å²) in [6, 6.07) is 13.4. The molecule has 7 nitrogen and oxygen atoms in total. The molecule has 5 rings (SSSR count). The van der Waals surface area contributed by atoms with Gasteiger partial charge in [0, 0.05) is 30.1 Å². The maximum atomic E-state index is 13.3. The van der Waals surface area contributed by atoms with E-state index in [-0.39, 0.29) is 12.0 Å². The van der Waals surface area contributed by atoms with E-state index in [1.54, 1.807) is 30.8 Å². The van der Waals surface area contributed by atoms with Gasteiger partial charge in [-0.25, -0.2) is 4.98 Å². The Bertz CT molecular complexity index is 1290. The highest BCUT2D eigenvalue weighted by molar-refractivity contribution is 7.18. The molecule has 0 spiro atoms. The normalized spacial score (nSPS) is 16.3. The van der Waals surface area contributed by atoms with Crippen molar-refractivity contribution in [2.75, 3.05) is 26.8 Å². The third-order valence-electron chi connectivity index (χ3n) is 5.47. The maximum absolute atomic E-state index is 13.3. The predicted octanol–water partition coefficient (Wildman–Crippen LogP) is 4.28. The van der Waals surface area contributed by atoms with E-state index in [0.29, 0.717) is 31.0 Å². The number of nitrogens with zero attached hydrogens (tertiary/aromatic N) is 4. The number of carbonyl (C=O) groups is 1. The second-order valence-electron chi connectivity index (χ2n) is 7.55. The van der Waals surface area contributed by atoms with Gasteiger partial charge in [-0.1, -0.05) is 12.1 Å². The summed E-state index contributed by atoms with van der Waals surface area (Å²) in [5.41, 5.74) is 3.92. The van der Waals surface area contributed by atoms with Crippen LogP contribution >= 0.6 is 11.3 Å². The summed E-state index contributed by atoms with van der Waals surface area (Å²) in [6.07, 6.45) is 2.96. The average Bonchev–Trinajstić information content (AvgIpc) is 3.23. The molecule has 1 amide bonds. The van der Waals surface area contributed by atoms with E-state index in [2.05, 4.69) is 15.0 Å². The molecule has 0 radical (unpaired) electrons. The van der Waals surface area contributed by atoms with E-state index in [9.17, 15) is 4.79 Å². The average molecular weight is 447 g/mol. The molecule has 162 valence electrons. The Hall–Kier alpha value is -3.36. The van der Waals surface area contributed by atoms with Crippen molar-refractivity contribution >= 4 is 27.5 Å². The fraction of sp³-hybridized carbons (Fsp3) is 0.250. The van der Waals surface area contributed by atoms with Gasteiger partial charge in [-0.15, -0.1) is 11.3 Å². The molecule has 1 fully saturated rings. The van der Waals surface area contributed by atoms with E-state index < -0.39 is 0 Å². The first-order valence-corrected chi connectivity index (χ1v) is 11.2. The van der Waals surface area contributed by atoms with E-state index in [1.165, 1.54) is 0 Å². The fourth-order valence-corrected chi connectivity index (χ4v) is 4.80. The zero-order valence-corrected chi connectivity index (χ0v) is 18.6. The molecule has 1 atom stereocenters. The number of rotatable bonds is 4. The molecule has 1 aliphatic rings. The van der Waals surface area contributed by atoms with Crippen LogP contribution in [-0.4, -0.2) is 52.6 Å². The minimum Gasteiger partial charge on any atom is -0.497 e. The van der Waals surface area contributed by atoms with Gasteiger partial charge < -0.3 is 14.4 Å². The fourth-order valence-electron chi connectivity index (χ4n) is 3.93. The van der Waals surface area contributed by atoms with Crippen molar-refractivity contribution in [3.8, 4) is 17.0 Å². The molecule has 1 aliphatic heterocycles. The number of aromatic nitrogens is 3. The highest BCUT2D eigenvalue weighted by Gasteiger charge is 2.29. The molecule has 0 aliphatic carbocycles. The summed E-state index contributed by atoms with van der Waals surface area (Å²) in [5, 5.41) is 0.990. The second-order valence-corrected chi connectivity index (χ2v) is 8.78. The van der Waals surface area contributed by atoms with Crippen LogP contribution in [-0.2, 0) is 4.74 Å². The molecule has 2 aromatic carbocycles. The van der Waals surface area contributed by atoms with Crippen LogP contribution in [0.2, 0.25) is 0 Å². The van der Waals surface area contributed by atoms with Gasteiger partial charge in [0.2, 0.25) is 0 Å². The number of morpholine rings is 1. The van der Waals surface area contributed by atoms with E-state index in [0.717, 1.165) is 32.2 Å². The molecule has 1 saturated heterocycles. The zero-order valence-electron chi connectivity index (χ0n) is 17.8. The summed E-state index contributed by atoms with van der Waals surface area (Å²) < 4.78 is 12.4. The molecule has 0 saturated carbocycles. The van der Waals surface area contributed by atoms with Crippen LogP contribution in [0.15, 0.2) is 54.9 Å². The van der Waals surface area contributed by atoms with Gasteiger partial charge >= 0.3 is 0 Å². The van der Waals surface area contributed by atoms with Crippen molar-refractivity contribution in [3.05, 3.63) is 71.1 Å². The Kier molecular flexibility index (Phi) is 5.55. The molecule has 0 unspecified atom stereocenters. The number of ether oxygens (including phenoxy) is 2. The molecule has 32 heavy (non-hydrogen) atoms. The molecule has 2 aromatic heterocycles. The summed E-state index contributed by atoms with van der Waals surface area (Å²) in [4.78, 5) is 28.7. The number of hydrogen-bond acceptors (Lipinski definition) is 7. The lowest BCUT2D eigenvalue weighted by Crippen LogP contribution is -2.42. The van der Waals surface area contributed by atoms with Crippen molar-refractivity contribution in [1.29, 1.82) is 0 Å². The van der Waals surface area contributed by atoms with Crippen LogP contribution in [0.5, 0.6) is 5.75 Å². The van der Waals surface area contributed by atoms with Gasteiger partial charge in [0.15, 0.2) is 0 Å². The van der Waals surface area contributed by atoms with Crippen LogP contribution in [0.4, 0.5) is 0 Å². The van der Waals surface area contributed by atoms with Gasteiger partial charge in [-0.3, -0.25) is 14.8 Å². The van der Waals surface area contributed by atoms with Crippen molar-refractivity contribution in [2.45, 2.75) is 13.0 Å². The van der Waals surface area contributed by atoms with E-state index in [4.69, 9.17) is 9.47 Å². The largest absolute Gasteiger partial charge is 0.497 e. The lowest BCUT2D eigenvalue weighted by molar-refractivity contribution is -0.0245. The number of aryl methyl sites for hydroxylation is 1. The third kappa shape index (κ3) is 3.94. The molecule has 0 N–H and O–H groups in total. The first-order chi connectivity index (χ1) is 15.6. The van der Waals surface area contributed by atoms with Crippen LogP contribution in [0.25, 0.3) is 21.5 Å². The summed E-state index contributed by atoms with van der Waals surface area (Å²) in [6.45, 7) is 3.35. The first kappa shape index (κ1) is 20.5. The highest BCUT2D eigenvalue weighted by atomic mass is 32.1. The number of hydrogen-bond donors (Lipinski definition) is 0. The molecule has 8 heteroatoms. The van der Waals surface area contributed by atoms with Gasteiger partial charge in [-0.05, 0) is 37.3 Å². The second kappa shape index (κ2) is 8.64. The monoisotopic (exact) mass is 446 g/mol. The van der Waals surface area contributed by atoms with Crippen LogP contribution in [0.1, 0.15) is 27.2 Å².